The molecule has 0 saturated carbocycles. The summed E-state index contributed by atoms with van der Waals surface area (Å²) in [5, 5.41) is 12.1. The summed E-state index contributed by atoms with van der Waals surface area (Å²) in [5.74, 6) is -0.278. The Morgan fingerprint density at radius 3 is 2.66 bits per heavy atom. The van der Waals surface area contributed by atoms with Crippen molar-refractivity contribution >= 4 is 11.9 Å². The summed E-state index contributed by atoms with van der Waals surface area (Å²) >= 11 is 0. The van der Waals surface area contributed by atoms with Crippen LogP contribution in [0.15, 0.2) is 42.5 Å². The van der Waals surface area contributed by atoms with Crippen LogP contribution in [0.3, 0.4) is 0 Å². The number of carboxylic acids is 1. The van der Waals surface area contributed by atoms with E-state index in [4.69, 9.17) is 14.2 Å². The van der Waals surface area contributed by atoms with Crippen LogP contribution in [0.4, 0.5) is 0 Å². The number of rotatable bonds is 8. The molecule has 154 valence electrons. The second kappa shape index (κ2) is 9.43. The first-order chi connectivity index (χ1) is 14.0. The lowest BCUT2D eigenvalue weighted by Gasteiger charge is -2.26. The van der Waals surface area contributed by atoms with Crippen molar-refractivity contribution in [2.75, 3.05) is 20.8 Å². The van der Waals surface area contributed by atoms with Gasteiger partial charge in [0.05, 0.1) is 45.8 Å². The zero-order valence-electron chi connectivity index (χ0n) is 16.5. The van der Waals surface area contributed by atoms with E-state index in [0.29, 0.717) is 23.7 Å². The van der Waals surface area contributed by atoms with E-state index < -0.39 is 12.0 Å². The van der Waals surface area contributed by atoms with Crippen LogP contribution in [0, 0.1) is 0 Å². The molecule has 29 heavy (non-hydrogen) atoms. The van der Waals surface area contributed by atoms with Crippen molar-refractivity contribution in [3.8, 4) is 11.5 Å². The molecule has 0 saturated heterocycles. The molecule has 0 bridgehead atoms. The van der Waals surface area contributed by atoms with E-state index in [2.05, 4.69) is 5.32 Å². The number of hydrogen-bond acceptors (Lipinski definition) is 5. The smallest absolute Gasteiger partial charge is 0.305 e. The monoisotopic (exact) mass is 399 g/mol. The molecular weight excluding hydrogens is 374 g/mol. The molecule has 7 heteroatoms. The Balaban J connectivity index is 1.76. The van der Waals surface area contributed by atoms with E-state index >= 15 is 0 Å². The number of hydrogen-bond donors (Lipinski definition) is 2. The molecule has 0 fully saturated rings. The van der Waals surface area contributed by atoms with Gasteiger partial charge in [-0.2, -0.15) is 0 Å². The minimum Gasteiger partial charge on any atom is -0.493 e. The highest BCUT2D eigenvalue weighted by molar-refractivity contribution is 5.78. The summed E-state index contributed by atoms with van der Waals surface area (Å²) in [6.07, 6.45) is 0.363. The summed E-state index contributed by atoms with van der Waals surface area (Å²) in [6, 6.07) is 12.3. The Hall–Kier alpha value is -3.06. The van der Waals surface area contributed by atoms with Crippen molar-refractivity contribution in [1.82, 2.24) is 5.32 Å². The quantitative estimate of drug-likeness (QED) is 0.709. The highest BCUT2D eigenvalue weighted by atomic mass is 16.5. The molecule has 2 aromatic rings. The molecule has 2 N–H and O–H groups in total. The Labute approximate surface area is 169 Å². The molecule has 0 spiro atoms. The number of methoxy groups -OCH3 is 2. The molecule has 3 rings (SSSR count). The maximum Gasteiger partial charge on any atom is 0.305 e. The minimum absolute atomic E-state index is 0.125. The summed E-state index contributed by atoms with van der Waals surface area (Å²) in [4.78, 5) is 24.1. The third-order valence-corrected chi connectivity index (χ3v) is 4.99. The summed E-state index contributed by atoms with van der Waals surface area (Å²) < 4.78 is 16.3. The SMILES string of the molecule is COc1ccc([C@H](CC(=O)O)NC(=O)C[C@@H]2OCCc3ccccc32)cc1OC. The fraction of sp³-hybridized carbons (Fsp3) is 0.364. The maximum absolute atomic E-state index is 12.7. The van der Waals surface area contributed by atoms with Crippen molar-refractivity contribution in [2.24, 2.45) is 0 Å². The predicted octanol–water partition coefficient (Wildman–Crippen LogP) is 3.04. The van der Waals surface area contributed by atoms with Gasteiger partial charge in [-0.05, 0) is 35.2 Å². The molecule has 0 aliphatic carbocycles. The first kappa shape index (κ1) is 20.7. The normalized spacial score (nSPS) is 16.4. The van der Waals surface area contributed by atoms with E-state index in [9.17, 15) is 14.7 Å². The van der Waals surface area contributed by atoms with Crippen LogP contribution in [0.1, 0.15) is 41.7 Å². The fourth-order valence-electron chi connectivity index (χ4n) is 3.56. The molecule has 7 nitrogen and oxygen atoms in total. The van der Waals surface area contributed by atoms with Crippen LogP contribution in [0.2, 0.25) is 0 Å². The molecule has 2 atom stereocenters. The van der Waals surface area contributed by atoms with Crippen LogP contribution < -0.4 is 14.8 Å². The molecule has 1 aliphatic heterocycles. The van der Waals surface area contributed by atoms with Gasteiger partial charge in [0, 0.05) is 0 Å². The second-order valence-electron chi connectivity index (χ2n) is 6.84. The van der Waals surface area contributed by atoms with Gasteiger partial charge in [0.2, 0.25) is 5.91 Å². The van der Waals surface area contributed by atoms with Crippen LogP contribution in [0.5, 0.6) is 11.5 Å². The van der Waals surface area contributed by atoms with Crippen LogP contribution in [-0.4, -0.2) is 37.8 Å². The van der Waals surface area contributed by atoms with Gasteiger partial charge in [-0.15, -0.1) is 0 Å². The van der Waals surface area contributed by atoms with Crippen molar-refractivity contribution in [3.05, 3.63) is 59.2 Å². The standard InChI is InChI=1S/C22H25NO6/c1-27-18-8-7-15(11-20(18)28-2)17(12-22(25)26)23-21(24)13-19-16-6-4-3-5-14(16)9-10-29-19/h3-8,11,17,19H,9-10,12-13H2,1-2H3,(H,23,24)(H,25,26)/t17-,19-/m0/s1. The van der Waals surface area contributed by atoms with Crippen LogP contribution >= 0.6 is 0 Å². The number of carbonyl (C=O) groups excluding carboxylic acids is 1. The molecule has 1 aliphatic rings. The Morgan fingerprint density at radius 1 is 1.17 bits per heavy atom. The summed E-state index contributed by atoms with van der Waals surface area (Å²) in [5.41, 5.74) is 2.82. The fourth-order valence-corrected chi connectivity index (χ4v) is 3.56. The molecule has 2 aromatic carbocycles. The average molecular weight is 399 g/mol. The highest BCUT2D eigenvalue weighted by Crippen LogP contribution is 2.32. The first-order valence-electron chi connectivity index (χ1n) is 9.44. The lowest BCUT2D eigenvalue weighted by Crippen LogP contribution is -2.32. The largest absolute Gasteiger partial charge is 0.493 e. The number of nitrogens with one attached hydrogen (secondary N) is 1. The molecule has 0 unspecified atom stereocenters. The highest BCUT2D eigenvalue weighted by Gasteiger charge is 2.26. The number of carboxylic acid groups (broad SMARTS) is 1. The zero-order chi connectivity index (χ0) is 20.8. The molecule has 1 heterocycles. The van der Waals surface area contributed by atoms with Gasteiger partial charge < -0.3 is 24.6 Å². The van der Waals surface area contributed by atoms with Crippen LogP contribution in [0.25, 0.3) is 0 Å². The number of amides is 1. The Kier molecular flexibility index (Phi) is 6.72. The number of benzene rings is 2. The van der Waals surface area contributed by atoms with Crippen LogP contribution in [-0.2, 0) is 20.7 Å². The molecule has 0 radical (unpaired) electrons. The van der Waals surface area contributed by atoms with E-state index in [1.165, 1.54) is 19.8 Å². The lowest BCUT2D eigenvalue weighted by molar-refractivity contribution is -0.137. The minimum atomic E-state index is -1.01. The van der Waals surface area contributed by atoms with Gasteiger partial charge >= 0.3 is 5.97 Å². The van der Waals surface area contributed by atoms with Gasteiger partial charge in [0.1, 0.15) is 0 Å². The maximum atomic E-state index is 12.7. The molecular formula is C22H25NO6. The lowest BCUT2D eigenvalue weighted by atomic mass is 9.95. The summed E-state index contributed by atoms with van der Waals surface area (Å²) in [6.45, 7) is 0.559. The van der Waals surface area contributed by atoms with Gasteiger partial charge in [-0.25, -0.2) is 0 Å². The van der Waals surface area contributed by atoms with Gasteiger partial charge in [-0.1, -0.05) is 30.3 Å². The second-order valence-corrected chi connectivity index (χ2v) is 6.84. The predicted molar refractivity (Wildman–Crippen MR) is 106 cm³/mol. The Bertz CT molecular complexity index is 881. The molecule has 0 aromatic heterocycles. The Morgan fingerprint density at radius 2 is 1.93 bits per heavy atom. The van der Waals surface area contributed by atoms with Gasteiger partial charge in [0.25, 0.3) is 0 Å². The first-order valence-corrected chi connectivity index (χ1v) is 9.44. The summed E-state index contributed by atoms with van der Waals surface area (Å²) in [7, 11) is 3.03. The number of ether oxygens (including phenoxy) is 3. The zero-order valence-corrected chi connectivity index (χ0v) is 16.5. The van der Waals surface area contributed by atoms with Crippen molar-refractivity contribution in [3.63, 3.8) is 0 Å². The van der Waals surface area contributed by atoms with Crippen molar-refractivity contribution in [1.29, 1.82) is 0 Å². The van der Waals surface area contributed by atoms with Crippen molar-refractivity contribution < 1.29 is 28.9 Å². The van der Waals surface area contributed by atoms with E-state index in [-0.39, 0.29) is 24.9 Å². The topological polar surface area (TPSA) is 94.1 Å². The number of aliphatic carboxylic acids is 1. The number of carbonyl (C=O) groups is 2. The van der Waals surface area contributed by atoms with Crippen molar-refractivity contribution in [2.45, 2.75) is 31.4 Å². The molecule has 1 amide bonds. The van der Waals surface area contributed by atoms with Gasteiger partial charge in [-0.3, -0.25) is 9.59 Å². The third kappa shape index (κ3) is 5.06. The van der Waals surface area contributed by atoms with E-state index in [1.807, 2.05) is 24.3 Å². The van der Waals surface area contributed by atoms with Gasteiger partial charge in [0.15, 0.2) is 11.5 Å². The third-order valence-electron chi connectivity index (χ3n) is 4.99. The van der Waals surface area contributed by atoms with E-state index in [0.717, 1.165) is 12.0 Å². The average Bonchev–Trinajstić information content (AvgIpc) is 2.72. The van der Waals surface area contributed by atoms with E-state index in [1.54, 1.807) is 18.2 Å². The number of fused-ring (bicyclic) bond motifs is 1.